The minimum atomic E-state index is -0.199. The summed E-state index contributed by atoms with van der Waals surface area (Å²) in [6.07, 6.45) is 4.38. The normalized spacial score (nSPS) is 12.1. The van der Waals surface area contributed by atoms with Gasteiger partial charge in [0.15, 0.2) is 11.3 Å². The van der Waals surface area contributed by atoms with Gasteiger partial charge in [0, 0.05) is 18.9 Å². The number of hydrogen-bond donors (Lipinski definition) is 2. The number of anilines is 1. The first kappa shape index (κ1) is 17.2. The van der Waals surface area contributed by atoms with Crippen molar-refractivity contribution in [3.63, 3.8) is 0 Å². The Bertz CT molecular complexity index is 879. The lowest BCUT2D eigenvalue weighted by atomic mass is 10.1. The van der Waals surface area contributed by atoms with Crippen LogP contribution in [0.2, 0.25) is 0 Å². The van der Waals surface area contributed by atoms with Crippen molar-refractivity contribution in [2.24, 2.45) is 0 Å². The Kier molecular flexibility index (Phi) is 5.18. The van der Waals surface area contributed by atoms with Crippen LogP contribution in [0.4, 0.5) is 5.95 Å². The number of aryl methyl sites for hydroxylation is 1. The van der Waals surface area contributed by atoms with Crippen molar-refractivity contribution >= 4 is 33.5 Å². The van der Waals surface area contributed by atoms with E-state index in [0.717, 1.165) is 17.0 Å². The molecule has 2 N–H and O–H groups in total. The Balaban J connectivity index is 1.94. The molecule has 0 fully saturated rings. The van der Waals surface area contributed by atoms with Crippen LogP contribution in [0.15, 0.2) is 24.5 Å². The van der Waals surface area contributed by atoms with Gasteiger partial charge in [-0.1, -0.05) is 13.0 Å². The standard InChI is InChI=1S/C17H20N6OS/c1-4-7-19-16(24)13-14-15(21-11(3)25-14)23-17(22-13)20-10(2)12-6-5-8-18-9-12/h5-6,8-10H,4,7H2,1-3H3,(H,19,24)(H,20,22,23). The van der Waals surface area contributed by atoms with Crippen molar-refractivity contribution < 1.29 is 4.79 Å². The molecule has 3 heterocycles. The van der Waals surface area contributed by atoms with Gasteiger partial charge in [-0.3, -0.25) is 9.78 Å². The fourth-order valence-electron chi connectivity index (χ4n) is 2.38. The SMILES string of the molecule is CCCNC(=O)c1nc(NC(C)c2cccnc2)nc2nc(C)sc12. The Morgan fingerprint density at radius 2 is 2.16 bits per heavy atom. The predicted molar refractivity (Wildman–Crippen MR) is 98.8 cm³/mol. The van der Waals surface area contributed by atoms with Crippen LogP contribution in [-0.2, 0) is 0 Å². The molecule has 3 aromatic heterocycles. The first-order chi connectivity index (χ1) is 12.1. The molecule has 3 rings (SSSR count). The average molecular weight is 356 g/mol. The average Bonchev–Trinajstić information content (AvgIpc) is 2.99. The summed E-state index contributed by atoms with van der Waals surface area (Å²) >= 11 is 1.43. The molecule has 3 aromatic rings. The Morgan fingerprint density at radius 1 is 1.32 bits per heavy atom. The third-order valence-electron chi connectivity index (χ3n) is 3.64. The smallest absolute Gasteiger partial charge is 0.271 e. The summed E-state index contributed by atoms with van der Waals surface area (Å²) in [5.41, 5.74) is 1.92. The topological polar surface area (TPSA) is 92.7 Å². The third-order valence-corrected chi connectivity index (χ3v) is 4.61. The second-order valence-corrected chi connectivity index (χ2v) is 6.89. The van der Waals surface area contributed by atoms with Gasteiger partial charge in [-0.15, -0.1) is 11.3 Å². The highest BCUT2D eigenvalue weighted by Gasteiger charge is 2.19. The number of nitrogens with zero attached hydrogens (tertiary/aromatic N) is 4. The molecule has 0 aliphatic rings. The number of nitrogens with one attached hydrogen (secondary N) is 2. The van der Waals surface area contributed by atoms with E-state index in [1.165, 1.54) is 11.3 Å². The van der Waals surface area contributed by atoms with Gasteiger partial charge >= 0.3 is 0 Å². The molecule has 8 heteroatoms. The number of amides is 1. The molecule has 1 amide bonds. The van der Waals surface area contributed by atoms with Crippen LogP contribution >= 0.6 is 11.3 Å². The van der Waals surface area contributed by atoms with Crippen molar-refractivity contribution in [2.75, 3.05) is 11.9 Å². The van der Waals surface area contributed by atoms with E-state index in [2.05, 4.69) is 30.6 Å². The quantitative estimate of drug-likeness (QED) is 0.705. The van der Waals surface area contributed by atoms with E-state index in [1.807, 2.05) is 32.9 Å². The molecule has 1 unspecified atom stereocenters. The molecule has 0 spiro atoms. The van der Waals surface area contributed by atoms with Gasteiger partial charge in [0.2, 0.25) is 5.95 Å². The van der Waals surface area contributed by atoms with Crippen LogP contribution < -0.4 is 10.6 Å². The second-order valence-electron chi connectivity index (χ2n) is 5.69. The van der Waals surface area contributed by atoms with Crippen LogP contribution in [0.3, 0.4) is 0 Å². The molecule has 25 heavy (non-hydrogen) atoms. The van der Waals surface area contributed by atoms with Crippen LogP contribution in [0.25, 0.3) is 10.3 Å². The number of hydrogen-bond acceptors (Lipinski definition) is 7. The highest BCUT2D eigenvalue weighted by atomic mass is 32.1. The van der Waals surface area contributed by atoms with Crippen molar-refractivity contribution in [2.45, 2.75) is 33.2 Å². The largest absolute Gasteiger partial charge is 0.351 e. The molecule has 0 aliphatic heterocycles. The number of pyridine rings is 1. The van der Waals surface area contributed by atoms with E-state index >= 15 is 0 Å². The number of fused-ring (bicyclic) bond motifs is 1. The monoisotopic (exact) mass is 356 g/mol. The summed E-state index contributed by atoms with van der Waals surface area (Å²) in [6.45, 7) is 6.51. The highest BCUT2D eigenvalue weighted by molar-refractivity contribution is 7.18. The van der Waals surface area contributed by atoms with Crippen LogP contribution in [0.5, 0.6) is 0 Å². The summed E-state index contributed by atoms with van der Waals surface area (Å²) in [4.78, 5) is 29.9. The second kappa shape index (κ2) is 7.52. The van der Waals surface area contributed by atoms with Gasteiger partial charge in [0.1, 0.15) is 4.70 Å². The Labute approximate surface area is 150 Å². The lowest BCUT2D eigenvalue weighted by Gasteiger charge is -2.14. The number of carbonyl (C=O) groups excluding carboxylic acids is 1. The van der Waals surface area contributed by atoms with Crippen LogP contribution in [0.1, 0.15) is 47.4 Å². The van der Waals surface area contributed by atoms with Crippen molar-refractivity contribution in [1.82, 2.24) is 25.3 Å². The zero-order valence-electron chi connectivity index (χ0n) is 14.4. The maximum Gasteiger partial charge on any atom is 0.271 e. The minimum absolute atomic E-state index is 0.0440. The minimum Gasteiger partial charge on any atom is -0.351 e. The lowest BCUT2D eigenvalue weighted by molar-refractivity contribution is 0.0950. The number of aromatic nitrogens is 4. The maximum absolute atomic E-state index is 12.5. The molecule has 1 atom stereocenters. The molecule has 0 saturated heterocycles. The van der Waals surface area contributed by atoms with Gasteiger partial charge in [0.25, 0.3) is 5.91 Å². The van der Waals surface area contributed by atoms with E-state index in [1.54, 1.807) is 12.4 Å². The first-order valence-electron chi connectivity index (χ1n) is 8.18. The fraction of sp³-hybridized carbons (Fsp3) is 0.353. The molecule has 0 aromatic carbocycles. The molecule has 130 valence electrons. The number of thiazole rings is 1. The maximum atomic E-state index is 12.5. The number of rotatable bonds is 6. The molecule has 0 radical (unpaired) electrons. The fourth-order valence-corrected chi connectivity index (χ4v) is 3.22. The van der Waals surface area contributed by atoms with Gasteiger partial charge < -0.3 is 10.6 Å². The number of carbonyl (C=O) groups is 1. The Morgan fingerprint density at radius 3 is 2.88 bits per heavy atom. The summed E-state index contributed by atoms with van der Waals surface area (Å²) in [5.74, 6) is 0.186. The van der Waals surface area contributed by atoms with Gasteiger partial charge in [0.05, 0.1) is 11.0 Å². The van der Waals surface area contributed by atoms with E-state index in [0.29, 0.717) is 28.5 Å². The Hall–Kier alpha value is -2.61. The van der Waals surface area contributed by atoms with E-state index < -0.39 is 0 Å². The lowest BCUT2D eigenvalue weighted by Crippen LogP contribution is -2.25. The zero-order chi connectivity index (χ0) is 17.8. The molecule has 7 nitrogen and oxygen atoms in total. The van der Waals surface area contributed by atoms with Gasteiger partial charge in [-0.25, -0.2) is 9.97 Å². The zero-order valence-corrected chi connectivity index (χ0v) is 15.2. The van der Waals surface area contributed by atoms with Crippen molar-refractivity contribution in [3.8, 4) is 0 Å². The van der Waals surface area contributed by atoms with Crippen molar-refractivity contribution in [1.29, 1.82) is 0 Å². The van der Waals surface area contributed by atoms with Crippen LogP contribution in [-0.4, -0.2) is 32.4 Å². The molecule has 0 aliphatic carbocycles. The molecule has 0 saturated carbocycles. The van der Waals surface area contributed by atoms with E-state index in [-0.39, 0.29) is 11.9 Å². The highest BCUT2D eigenvalue weighted by Crippen LogP contribution is 2.25. The van der Waals surface area contributed by atoms with Gasteiger partial charge in [-0.2, -0.15) is 4.98 Å². The summed E-state index contributed by atoms with van der Waals surface area (Å²) in [5, 5.41) is 6.96. The summed E-state index contributed by atoms with van der Waals surface area (Å²) < 4.78 is 0.714. The van der Waals surface area contributed by atoms with E-state index in [9.17, 15) is 4.79 Å². The van der Waals surface area contributed by atoms with Crippen LogP contribution in [0, 0.1) is 6.92 Å². The molecular formula is C17H20N6OS. The molecule has 0 bridgehead atoms. The first-order valence-corrected chi connectivity index (χ1v) is 9.00. The van der Waals surface area contributed by atoms with Gasteiger partial charge in [-0.05, 0) is 31.9 Å². The van der Waals surface area contributed by atoms with E-state index in [4.69, 9.17) is 0 Å². The third kappa shape index (κ3) is 3.90. The molecular weight excluding hydrogens is 336 g/mol. The summed E-state index contributed by atoms with van der Waals surface area (Å²) in [7, 11) is 0. The summed E-state index contributed by atoms with van der Waals surface area (Å²) in [6, 6.07) is 3.81. The van der Waals surface area contributed by atoms with Crippen molar-refractivity contribution in [3.05, 3.63) is 40.8 Å². The predicted octanol–water partition coefficient (Wildman–Crippen LogP) is 3.10.